The second-order valence-electron chi connectivity index (χ2n) is 5.00. The number of ether oxygens (including phenoxy) is 1. The monoisotopic (exact) mass is 233 g/mol. The van der Waals surface area contributed by atoms with E-state index in [1.165, 1.54) is 7.11 Å². The van der Waals surface area contributed by atoms with Gasteiger partial charge in [0.05, 0.1) is 12.7 Å². The van der Waals surface area contributed by atoms with Crippen LogP contribution in [0.2, 0.25) is 0 Å². The van der Waals surface area contributed by atoms with Crippen LogP contribution in [0, 0.1) is 4.91 Å². The highest BCUT2D eigenvalue weighted by atomic mass is 16.5. The summed E-state index contributed by atoms with van der Waals surface area (Å²) in [4.78, 5) is 22.3. The van der Waals surface area contributed by atoms with Gasteiger partial charge >= 0.3 is 5.97 Å². The van der Waals surface area contributed by atoms with Gasteiger partial charge < -0.3 is 4.74 Å². The average molecular weight is 233 g/mol. The normalized spacial score (nSPS) is 20.8. The van der Waals surface area contributed by atoms with E-state index in [0.29, 0.717) is 12.0 Å². The predicted molar refractivity (Wildman–Crippen MR) is 64.0 cm³/mol. The van der Waals surface area contributed by atoms with Crippen LogP contribution in [-0.4, -0.2) is 13.1 Å². The maximum absolute atomic E-state index is 11.4. The second-order valence-corrected chi connectivity index (χ2v) is 5.00. The average Bonchev–Trinajstić information content (AvgIpc) is 2.59. The fourth-order valence-electron chi connectivity index (χ4n) is 2.50. The standard InChI is InChI=1S/C13H15NO3/c1-13(2)7-11(14-16)9-6-8(12(15)17-3)4-5-10(9)13/h4-6,11H,7H2,1-3H3. The molecule has 1 unspecified atom stereocenters. The largest absolute Gasteiger partial charge is 0.465 e. The molecule has 1 aliphatic carbocycles. The Labute approximate surface area is 99.9 Å². The minimum absolute atomic E-state index is 0.0669. The van der Waals surface area contributed by atoms with Crippen LogP contribution in [0.4, 0.5) is 0 Å². The van der Waals surface area contributed by atoms with Crippen LogP contribution in [-0.2, 0) is 10.2 Å². The quantitative estimate of drug-likeness (QED) is 0.583. The van der Waals surface area contributed by atoms with E-state index in [4.69, 9.17) is 0 Å². The Balaban J connectivity index is 2.52. The number of nitrogens with zero attached hydrogens (tertiary/aromatic N) is 1. The molecule has 2 rings (SSSR count). The van der Waals surface area contributed by atoms with Gasteiger partial charge in [0, 0.05) is 0 Å². The van der Waals surface area contributed by atoms with Gasteiger partial charge in [0.1, 0.15) is 6.04 Å². The number of carbonyl (C=O) groups is 1. The molecule has 0 amide bonds. The molecule has 0 saturated heterocycles. The molecule has 1 aromatic carbocycles. The molecule has 1 aromatic rings. The topological polar surface area (TPSA) is 55.7 Å². The van der Waals surface area contributed by atoms with Crippen molar-refractivity contribution < 1.29 is 9.53 Å². The van der Waals surface area contributed by atoms with Gasteiger partial charge in [0.2, 0.25) is 0 Å². The molecule has 90 valence electrons. The zero-order chi connectivity index (χ0) is 12.6. The van der Waals surface area contributed by atoms with Gasteiger partial charge in [-0.05, 0) is 35.1 Å². The first-order valence-electron chi connectivity index (χ1n) is 5.55. The Morgan fingerprint density at radius 1 is 1.47 bits per heavy atom. The fourth-order valence-corrected chi connectivity index (χ4v) is 2.50. The van der Waals surface area contributed by atoms with E-state index in [1.807, 2.05) is 6.07 Å². The van der Waals surface area contributed by atoms with Crippen LogP contribution in [0.5, 0.6) is 0 Å². The summed E-state index contributed by atoms with van der Waals surface area (Å²) in [6.07, 6.45) is 0.691. The minimum Gasteiger partial charge on any atom is -0.465 e. The molecule has 1 atom stereocenters. The van der Waals surface area contributed by atoms with Gasteiger partial charge in [-0.3, -0.25) is 0 Å². The van der Waals surface area contributed by atoms with E-state index in [9.17, 15) is 9.70 Å². The number of benzene rings is 1. The van der Waals surface area contributed by atoms with Crippen LogP contribution in [0.3, 0.4) is 0 Å². The third-order valence-electron chi connectivity index (χ3n) is 3.39. The highest BCUT2D eigenvalue weighted by molar-refractivity contribution is 5.89. The third kappa shape index (κ3) is 1.84. The maximum Gasteiger partial charge on any atom is 0.337 e. The van der Waals surface area contributed by atoms with Crippen LogP contribution < -0.4 is 0 Å². The Kier molecular flexibility index (Phi) is 2.73. The SMILES string of the molecule is COC(=O)c1ccc2c(c1)C(N=O)CC2(C)C. The first-order chi connectivity index (χ1) is 7.99. The predicted octanol–water partition coefficient (Wildman–Crippen LogP) is 2.96. The smallest absolute Gasteiger partial charge is 0.337 e. The first-order valence-corrected chi connectivity index (χ1v) is 5.55. The molecule has 4 heteroatoms. The summed E-state index contributed by atoms with van der Waals surface area (Å²) in [5.74, 6) is -0.387. The van der Waals surface area contributed by atoms with Crippen molar-refractivity contribution in [2.75, 3.05) is 7.11 Å². The summed E-state index contributed by atoms with van der Waals surface area (Å²) in [7, 11) is 1.34. The molecule has 0 radical (unpaired) electrons. The summed E-state index contributed by atoms with van der Waals surface area (Å²) in [6, 6.07) is 5.00. The van der Waals surface area contributed by atoms with Crippen LogP contribution in [0.15, 0.2) is 23.4 Å². The molecule has 17 heavy (non-hydrogen) atoms. The number of hydrogen-bond donors (Lipinski definition) is 0. The van der Waals surface area contributed by atoms with E-state index < -0.39 is 0 Å². The van der Waals surface area contributed by atoms with Gasteiger partial charge in [-0.1, -0.05) is 25.1 Å². The van der Waals surface area contributed by atoms with Crippen molar-refractivity contribution in [2.24, 2.45) is 5.18 Å². The van der Waals surface area contributed by atoms with Crippen molar-refractivity contribution in [3.8, 4) is 0 Å². The highest BCUT2D eigenvalue weighted by Crippen LogP contribution is 2.46. The van der Waals surface area contributed by atoms with E-state index in [1.54, 1.807) is 12.1 Å². The molecular formula is C13H15NO3. The molecule has 0 N–H and O–H groups in total. The number of rotatable bonds is 2. The molecule has 0 bridgehead atoms. The number of hydrogen-bond acceptors (Lipinski definition) is 4. The Bertz CT molecular complexity index is 480. The number of methoxy groups -OCH3 is 1. The lowest BCUT2D eigenvalue weighted by Gasteiger charge is -2.18. The van der Waals surface area contributed by atoms with Crippen LogP contribution >= 0.6 is 0 Å². The van der Waals surface area contributed by atoms with Gasteiger partial charge in [0.15, 0.2) is 0 Å². The summed E-state index contributed by atoms with van der Waals surface area (Å²) < 4.78 is 4.67. The molecule has 0 aliphatic heterocycles. The summed E-state index contributed by atoms with van der Waals surface area (Å²) in [5, 5.41) is 3.15. The van der Waals surface area contributed by atoms with Crippen molar-refractivity contribution in [3.05, 3.63) is 39.8 Å². The highest BCUT2D eigenvalue weighted by Gasteiger charge is 2.38. The van der Waals surface area contributed by atoms with Crippen molar-refractivity contribution >= 4 is 5.97 Å². The fraction of sp³-hybridized carbons (Fsp3) is 0.462. The Morgan fingerprint density at radius 2 is 2.18 bits per heavy atom. The summed E-state index contributed by atoms with van der Waals surface area (Å²) >= 11 is 0. The number of fused-ring (bicyclic) bond motifs is 1. The zero-order valence-electron chi connectivity index (χ0n) is 10.2. The number of carbonyl (C=O) groups excluding carboxylic acids is 1. The second kappa shape index (κ2) is 3.95. The van der Waals surface area contributed by atoms with E-state index >= 15 is 0 Å². The van der Waals surface area contributed by atoms with Gasteiger partial charge in [-0.2, -0.15) is 4.91 Å². The van der Waals surface area contributed by atoms with Crippen molar-refractivity contribution in [1.82, 2.24) is 0 Å². The third-order valence-corrected chi connectivity index (χ3v) is 3.39. The van der Waals surface area contributed by atoms with Gasteiger partial charge in [-0.25, -0.2) is 4.79 Å². The van der Waals surface area contributed by atoms with Gasteiger partial charge in [0.25, 0.3) is 0 Å². The molecule has 0 heterocycles. The molecule has 0 saturated carbocycles. The number of nitroso groups, excluding NO2 is 1. The van der Waals surface area contributed by atoms with Crippen LogP contribution in [0.1, 0.15) is 47.8 Å². The first kappa shape index (κ1) is 11.8. The molecule has 0 fully saturated rings. The molecule has 0 aromatic heterocycles. The van der Waals surface area contributed by atoms with Crippen LogP contribution in [0.25, 0.3) is 0 Å². The van der Waals surface area contributed by atoms with E-state index in [0.717, 1.165) is 11.1 Å². The molecule has 4 nitrogen and oxygen atoms in total. The van der Waals surface area contributed by atoms with E-state index in [-0.39, 0.29) is 17.4 Å². The summed E-state index contributed by atoms with van der Waals surface area (Å²) in [6.45, 7) is 4.16. The lowest BCUT2D eigenvalue weighted by atomic mass is 9.86. The molecule has 0 spiro atoms. The molecular weight excluding hydrogens is 218 g/mol. The Hall–Kier alpha value is -1.71. The van der Waals surface area contributed by atoms with Crippen molar-refractivity contribution in [1.29, 1.82) is 0 Å². The van der Waals surface area contributed by atoms with Crippen molar-refractivity contribution in [3.63, 3.8) is 0 Å². The summed E-state index contributed by atoms with van der Waals surface area (Å²) in [5.41, 5.74) is 2.35. The minimum atomic E-state index is -0.387. The number of esters is 1. The molecule has 1 aliphatic rings. The Morgan fingerprint density at radius 3 is 2.76 bits per heavy atom. The van der Waals surface area contributed by atoms with Crippen molar-refractivity contribution in [2.45, 2.75) is 31.7 Å². The lowest BCUT2D eigenvalue weighted by Crippen LogP contribution is -2.12. The maximum atomic E-state index is 11.4. The van der Waals surface area contributed by atoms with E-state index in [2.05, 4.69) is 23.8 Å². The lowest BCUT2D eigenvalue weighted by molar-refractivity contribution is 0.0600. The van der Waals surface area contributed by atoms with Gasteiger partial charge in [-0.15, -0.1) is 0 Å². The zero-order valence-corrected chi connectivity index (χ0v) is 10.2.